The van der Waals surface area contributed by atoms with E-state index in [2.05, 4.69) is 15.0 Å². The van der Waals surface area contributed by atoms with E-state index in [1.807, 2.05) is 76.5 Å². The van der Waals surface area contributed by atoms with E-state index in [0.717, 1.165) is 21.5 Å². The van der Waals surface area contributed by atoms with Crippen LogP contribution in [0, 0.1) is 0 Å². The molecule has 9 heteroatoms. The van der Waals surface area contributed by atoms with Crippen LogP contribution in [0.1, 0.15) is 33.7 Å². The minimum atomic E-state index is -0.0133. The van der Waals surface area contributed by atoms with Crippen LogP contribution in [0.15, 0.2) is 106 Å². The Bertz CT molecular complexity index is 1850. The van der Waals surface area contributed by atoms with Crippen LogP contribution < -0.4 is 16.7 Å². The van der Waals surface area contributed by atoms with Crippen molar-refractivity contribution in [3.8, 4) is 0 Å². The van der Waals surface area contributed by atoms with Gasteiger partial charge in [0.1, 0.15) is 5.52 Å². The predicted octanol–water partition coefficient (Wildman–Crippen LogP) is 4.81. The number of aryl methyl sites for hydroxylation is 2. The van der Waals surface area contributed by atoms with Crippen molar-refractivity contribution in [3.63, 3.8) is 0 Å². The molecule has 0 atom stereocenters. The average Bonchev–Trinajstić information content (AvgIpc) is 2.99. The van der Waals surface area contributed by atoms with Crippen molar-refractivity contribution in [1.29, 1.82) is 0 Å². The number of hydrogen-bond acceptors (Lipinski definition) is 6. The van der Waals surface area contributed by atoms with E-state index in [1.165, 1.54) is 0 Å². The summed E-state index contributed by atoms with van der Waals surface area (Å²) in [6.07, 6.45) is 13.7. The summed E-state index contributed by atoms with van der Waals surface area (Å²) >= 11 is 0. The van der Waals surface area contributed by atoms with E-state index in [-0.39, 0.29) is 22.7 Å². The lowest BCUT2D eigenvalue weighted by molar-refractivity contribution is 0.582. The van der Waals surface area contributed by atoms with Crippen LogP contribution in [-0.2, 0) is 13.1 Å². The molecule has 0 aliphatic carbocycles. The van der Waals surface area contributed by atoms with E-state index in [1.54, 1.807) is 56.9 Å². The fraction of sp³-hybridized carbons (Fsp3) is 0.226. The molecule has 0 aliphatic rings. The summed E-state index contributed by atoms with van der Waals surface area (Å²) in [6, 6.07) is 13.3. The first kappa shape index (κ1) is 28.1. The number of aromatic nitrogens is 6. The van der Waals surface area contributed by atoms with E-state index in [0.29, 0.717) is 24.0 Å². The summed E-state index contributed by atoms with van der Waals surface area (Å²) in [5.41, 5.74) is 0.625. The summed E-state index contributed by atoms with van der Waals surface area (Å²) in [7, 11) is 0. The molecule has 204 valence electrons. The molecule has 0 saturated carbocycles. The van der Waals surface area contributed by atoms with Crippen LogP contribution in [0.4, 0.5) is 0 Å². The highest BCUT2D eigenvalue weighted by Crippen LogP contribution is 2.09. The Labute approximate surface area is 231 Å². The Morgan fingerprint density at radius 3 is 2.02 bits per heavy atom. The molecule has 40 heavy (non-hydrogen) atoms. The number of rotatable bonds is 3. The van der Waals surface area contributed by atoms with Gasteiger partial charge in [0.2, 0.25) is 0 Å². The van der Waals surface area contributed by atoms with Gasteiger partial charge >= 0.3 is 0 Å². The Morgan fingerprint density at radius 2 is 1.30 bits per heavy atom. The maximum Gasteiger partial charge on any atom is 0.277 e. The topological polar surface area (TPSA) is 105 Å². The van der Waals surface area contributed by atoms with Crippen molar-refractivity contribution in [2.24, 2.45) is 0 Å². The summed E-state index contributed by atoms with van der Waals surface area (Å²) in [6.45, 7) is 9.26. The van der Waals surface area contributed by atoms with Gasteiger partial charge in [0, 0.05) is 79.5 Å². The molecule has 0 aliphatic heterocycles. The van der Waals surface area contributed by atoms with Crippen LogP contribution in [-0.4, -0.2) is 28.7 Å². The molecule has 0 radical (unpaired) electrons. The average molecular weight is 537 g/mol. The summed E-state index contributed by atoms with van der Waals surface area (Å²) in [5, 5.41) is 4.17. The van der Waals surface area contributed by atoms with Gasteiger partial charge in [0.15, 0.2) is 0 Å². The molecule has 0 saturated heterocycles. The monoisotopic (exact) mass is 536 g/mol. The Hall–Kier alpha value is -4.92. The second-order valence-corrected chi connectivity index (χ2v) is 9.30. The van der Waals surface area contributed by atoms with Crippen molar-refractivity contribution < 1.29 is 0 Å². The predicted molar refractivity (Wildman–Crippen MR) is 160 cm³/mol. The molecule has 9 nitrogen and oxygen atoms in total. The second-order valence-electron chi connectivity index (χ2n) is 9.30. The summed E-state index contributed by atoms with van der Waals surface area (Å²) in [5.74, 6) is 0. The molecular weight excluding hydrogens is 504 g/mol. The summed E-state index contributed by atoms with van der Waals surface area (Å²) in [4.78, 5) is 47.2. The van der Waals surface area contributed by atoms with Gasteiger partial charge in [-0.3, -0.25) is 29.3 Å². The molecular formula is C31H32N6O3. The minimum Gasteiger partial charge on any atom is -0.315 e. The maximum absolute atomic E-state index is 11.9. The van der Waals surface area contributed by atoms with E-state index < -0.39 is 0 Å². The zero-order valence-corrected chi connectivity index (χ0v) is 23.1. The highest BCUT2D eigenvalue weighted by molar-refractivity contribution is 5.80. The number of hydrogen-bond donors (Lipinski definition) is 0. The highest BCUT2D eigenvalue weighted by Gasteiger charge is 2.04. The van der Waals surface area contributed by atoms with Crippen molar-refractivity contribution in [3.05, 3.63) is 123 Å². The normalized spacial score (nSPS) is 10.7. The second kappa shape index (κ2) is 12.8. The van der Waals surface area contributed by atoms with Crippen molar-refractivity contribution in [2.75, 3.05) is 0 Å². The fourth-order valence-corrected chi connectivity index (χ4v) is 4.23. The van der Waals surface area contributed by atoms with Gasteiger partial charge in [-0.25, -0.2) is 0 Å². The molecule has 6 heterocycles. The van der Waals surface area contributed by atoms with Crippen LogP contribution >= 0.6 is 0 Å². The van der Waals surface area contributed by atoms with Gasteiger partial charge in [-0.2, -0.15) is 0 Å². The molecule has 0 spiro atoms. The van der Waals surface area contributed by atoms with Crippen LogP contribution in [0.3, 0.4) is 0 Å². The Morgan fingerprint density at radius 1 is 0.650 bits per heavy atom. The SMILES string of the molecule is CC(C)n1ccc2cnccc2c1=O.CCn1ccc2cccnc2c1=O.CCn1ccc2ccncc2c1=O. The van der Waals surface area contributed by atoms with Crippen LogP contribution in [0.5, 0.6) is 0 Å². The largest absolute Gasteiger partial charge is 0.315 e. The zero-order valence-electron chi connectivity index (χ0n) is 23.1. The first-order valence-corrected chi connectivity index (χ1v) is 13.2. The lowest BCUT2D eigenvalue weighted by Gasteiger charge is -2.09. The molecule has 0 unspecified atom stereocenters. The molecule has 6 aromatic rings. The van der Waals surface area contributed by atoms with Crippen LogP contribution in [0.25, 0.3) is 32.4 Å². The lowest BCUT2D eigenvalue weighted by atomic mass is 10.2. The molecule has 0 amide bonds. The molecule has 6 aromatic heterocycles. The van der Waals surface area contributed by atoms with E-state index >= 15 is 0 Å². The third-order valence-corrected chi connectivity index (χ3v) is 6.49. The molecule has 0 bridgehead atoms. The third-order valence-electron chi connectivity index (χ3n) is 6.49. The number of nitrogens with zero attached hydrogens (tertiary/aromatic N) is 6. The number of fused-ring (bicyclic) bond motifs is 3. The van der Waals surface area contributed by atoms with Crippen molar-refractivity contribution in [2.45, 2.75) is 46.8 Å². The molecule has 0 N–H and O–H groups in total. The minimum absolute atomic E-state index is 0.0133. The maximum atomic E-state index is 11.9. The zero-order chi connectivity index (χ0) is 28.6. The molecule has 6 rings (SSSR count). The standard InChI is InChI=1S/C11H12N2O.2C10H10N2O/c1-8(2)13-6-4-9-7-12-5-3-10(9)11(13)14;1-2-12-6-4-8-3-5-11-7-9(8)10(12)13;1-2-12-7-5-8-4-3-6-11-9(8)10(12)13/h3-8H,1-2H3;2*3-7H,2H2,1H3. The quantitative estimate of drug-likeness (QED) is 0.322. The molecule has 0 aromatic carbocycles. The van der Waals surface area contributed by atoms with Crippen LogP contribution in [0.2, 0.25) is 0 Å². The highest BCUT2D eigenvalue weighted by atomic mass is 16.1. The Kier molecular flexibility index (Phi) is 8.96. The van der Waals surface area contributed by atoms with Crippen molar-refractivity contribution in [1.82, 2.24) is 28.7 Å². The van der Waals surface area contributed by atoms with E-state index in [4.69, 9.17) is 0 Å². The summed E-state index contributed by atoms with van der Waals surface area (Å²) < 4.78 is 5.04. The first-order valence-electron chi connectivity index (χ1n) is 13.2. The van der Waals surface area contributed by atoms with Gasteiger partial charge in [-0.1, -0.05) is 6.07 Å². The molecule has 0 fully saturated rings. The van der Waals surface area contributed by atoms with Gasteiger partial charge in [-0.05, 0) is 69.5 Å². The first-order chi connectivity index (χ1) is 19.3. The lowest BCUT2D eigenvalue weighted by Crippen LogP contribution is -2.20. The van der Waals surface area contributed by atoms with Gasteiger partial charge in [-0.15, -0.1) is 0 Å². The Balaban J connectivity index is 0.000000139. The van der Waals surface area contributed by atoms with Crippen molar-refractivity contribution >= 4 is 32.4 Å². The van der Waals surface area contributed by atoms with Gasteiger partial charge < -0.3 is 13.7 Å². The number of pyridine rings is 6. The van der Waals surface area contributed by atoms with E-state index in [9.17, 15) is 14.4 Å². The van der Waals surface area contributed by atoms with Gasteiger partial charge in [0.05, 0.1) is 10.8 Å². The van der Waals surface area contributed by atoms with Gasteiger partial charge in [0.25, 0.3) is 16.7 Å². The third kappa shape index (κ3) is 6.04. The fourth-order valence-electron chi connectivity index (χ4n) is 4.23. The smallest absolute Gasteiger partial charge is 0.277 e.